The van der Waals surface area contributed by atoms with Crippen LogP contribution in [-0.2, 0) is 6.42 Å². The molecule has 1 atom stereocenters. The van der Waals surface area contributed by atoms with E-state index in [0.29, 0.717) is 10.0 Å². The van der Waals surface area contributed by atoms with Gasteiger partial charge in [0.15, 0.2) is 0 Å². The van der Waals surface area contributed by atoms with Gasteiger partial charge in [-0.3, -0.25) is 11.3 Å². The van der Waals surface area contributed by atoms with Gasteiger partial charge in [0.1, 0.15) is 0 Å². The van der Waals surface area contributed by atoms with Gasteiger partial charge in [0.25, 0.3) is 0 Å². The highest BCUT2D eigenvalue weighted by molar-refractivity contribution is 6.42. The van der Waals surface area contributed by atoms with Gasteiger partial charge in [-0.05, 0) is 29.5 Å². The lowest BCUT2D eigenvalue weighted by Gasteiger charge is -2.30. The SMILES string of the molecule is CC(C)(C)C(Cc1ccc(Cl)c(Cl)c1)NN. The fourth-order valence-electron chi connectivity index (χ4n) is 1.52. The van der Waals surface area contributed by atoms with Gasteiger partial charge in [0, 0.05) is 6.04 Å². The zero-order valence-corrected chi connectivity index (χ0v) is 11.4. The Kier molecular flexibility index (Phi) is 4.62. The predicted molar refractivity (Wildman–Crippen MR) is 70.7 cm³/mol. The van der Waals surface area contributed by atoms with Gasteiger partial charge < -0.3 is 0 Å². The van der Waals surface area contributed by atoms with Crippen LogP contribution in [-0.4, -0.2) is 6.04 Å². The average molecular weight is 261 g/mol. The van der Waals surface area contributed by atoms with Crippen LogP contribution in [0.2, 0.25) is 10.0 Å². The maximum atomic E-state index is 5.97. The zero-order valence-electron chi connectivity index (χ0n) is 9.85. The normalized spacial score (nSPS) is 13.9. The Labute approximate surface area is 107 Å². The van der Waals surface area contributed by atoms with Gasteiger partial charge in [-0.1, -0.05) is 50.0 Å². The molecule has 3 N–H and O–H groups in total. The van der Waals surface area contributed by atoms with Crippen molar-refractivity contribution >= 4 is 23.2 Å². The second-order valence-corrected chi connectivity index (χ2v) is 5.85. The summed E-state index contributed by atoms with van der Waals surface area (Å²) in [6.45, 7) is 6.44. The van der Waals surface area contributed by atoms with Crippen LogP contribution in [0.3, 0.4) is 0 Å². The molecule has 16 heavy (non-hydrogen) atoms. The molecule has 1 unspecified atom stereocenters. The van der Waals surface area contributed by atoms with E-state index in [1.807, 2.05) is 18.2 Å². The Balaban J connectivity index is 2.83. The van der Waals surface area contributed by atoms with Crippen LogP contribution in [0.15, 0.2) is 18.2 Å². The van der Waals surface area contributed by atoms with E-state index < -0.39 is 0 Å². The molecule has 90 valence electrons. The largest absolute Gasteiger partial charge is 0.271 e. The lowest BCUT2D eigenvalue weighted by molar-refractivity contribution is 0.269. The van der Waals surface area contributed by atoms with E-state index in [1.54, 1.807) is 0 Å². The minimum atomic E-state index is 0.0981. The summed E-state index contributed by atoms with van der Waals surface area (Å²) in [6.07, 6.45) is 0.830. The molecule has 1 aromatic rings. The van der Waals surface area contributed by atoms with Crippen LogP contribution in [0.25, 0.3) is 0 Å². The van der Waals surface area contributed by atoms with Gasteiger partial charge in [-0.2, -0.15) is 0 Å². The molecule has 1 aromatic carbocycles. The molecule has 0 radical (unpaired) electrons. The first kappa shape index (κ1) is 13.8. The van der Waals surface area contributed by atoms with E-state index in [1.165, 1.54) is 0 Å². The molecule has 0 spiro atoms. The Morgan fingerprint density at radius 2 is 1.88 bits per heavy atom. The van der Waals surface area contributed by atoms with Crippen molar-refractivity contribution in [3.05, 3.63) is 33.8 Å². The molecule has 0 aromatic heterocycles. The number of nitrogens with two attached hydrogens (primary N) is 1. The first-order valence-corrected chi connectivity index (χ1v) is 6.00. The number of rotatable bonds is 3. The molecule has 0 saturated carbocycles. The Morgan fingerprint density at radius 3 is 2.31 bits per heavy atom. The number of halogens is 2. The van der Waals surface area contributed by atoms with Crippen molar-refractivity contribution in [2.75, 3.05) is 0 Å². The third-order valence-electron chi connectivity index (χ3n) is 2.67. The van der Waals surface area contributed by atoms with Crippen LogP contribution in [0, 0.1) is 5.41 Å². The van der Waals surface area contributed by atoms with E-state index in [0.717, 1.165) is 12.0 Å². The van der Waals surface area contributed by atoms with E-state index >= 15 is 0 Å². The molecular weight excluding hydrogens is 243 g/mol. The summed E-state index contributed by atoms with van der Waals surface area (Å²) in [4.78, 5) is 0. The summed E-state index contributed by atoms with van der Waals surface area (Å²) in [6, 6.07) is 5.88. The molecule has 0 aliphatic heterocycles. The molecule has 0 amide bonds. The summed E-state index contributed by atoms with van der Waals surface area (Å²) >= 11 is 11.8. The number of hydrogen-bond donors (Lipinski definition) is 2. The van der Waals surface area contributed by atoms with Crippen molar-refractivity contribution in [2.45, 2.75) is 33.2 Å². The van der Waals surface area contributed by atoms with Crippen molar-refractivity contribution in [3.63, 3.8) is 0 Å². The lowest BCUT2D eigenvalue weighted by atomic mass is 9.83. The van der Waals surface area contributed by atoms with Gasteiger partial charge in [-0.25, -0.2) is 0 Å². The molecule has 0 fully saturated rings. The summed E-state index contributed by atoms with van der Waals surface area (Å²) < 4.78 is 0. The van der Waals surface area contributed by atoms with Gasteiger partial charge in [0.2, 0.25) is 0 Å². The highest BCUT2D eigenvalue weighted by atomic mass is 35.5. The van der Waals surface area contributed by atoms with Crippen LogP contribution >= 0.6 is 23.2 Å². The first-order chi connectivity index (χ1) is 7.34. The second-order valence-electron chi connectivity index (χ2n) is 5.04. The van der Waals surface area contributed by atoms with Crippen LogP contribution in [0.1, 0.15) is 26.3 Å². The summed E-state index contributed by atoms with van der Waals surface area (Å²) in [5, 5.41) is 1.17. The Bertz CT molecular complexity index is 359. The average Bonchev–Trinajstić information content (AvgIpc) is 2.18. The molecule has 0 aliphatic carbocycles. The molecule has 1 rings (SSSR count). The van der Waals surface area contributed by atoms with Crippen molar-refractivity contribution in [1.82, 2.24) is 5.43 Å². The third-order valence-corrected chi connectivity index (χ3v) is 3.41. The predicted octanol–water partition coefficient (Wildman–Crippen LogP) is 3.41. The first-order valence-electron chi connectivity index (χ1n) is 5.24. The van der Waals surface area contributed by atoms with E-state index in [-0.39, 0.29) is 11.5 Å². The van der Waals surface area contributed by atoms with Crippen molar-refractivity contribution in [3.8, 4) is 0 Å². The number of nitrogens with one attached hydrogen (secondary N) is 1. The minimum Gasteiger partial charge on any atom is -0.271 e. The monoisotopic (exact) mass is 260 g/mol. The summed E-state index contributed by atoms with van der Waals surface area (Å²) in [7, 11) is 0. The van der Waals surface area contributed by atoms with Crippen molar-refractivity contribution in [2.24, 2.45) is 11.3 Å². The summed E-state index contributed by atoms with van der Waals surface area (Å²) in [5.74, 6) is 5.57. The maximum absolute atomic E-state index is 5.97. The van der Waals surface area contributed by atoms with Gasteiger partial charge >= 0.3 is 0 Å². The highest BCUT2D eigenvalue weighted by Crippen LogP contribution is 2.26. The molecule has 4 heteroatoms. The molecule has 2 nitrogen and oxygen atoms in total. The molecule has 0 aliphatic rings. The van der Waals surface area contributed by atoms with E-state index in [9.17, 15) is 0 Å². The fourth-order valence-corrected chi connectivity index (χ4v) is 1.84. The molecule has 0 saturated heterocycles. The van der Waals surface area contributed by atoms with Gasteiger partial charge in [0.05, 0.1) is 10.0 Å². The van der Waals surface area contributed by atoms with Crippen LogP contribution in [0.4, 0.5) is 0 Å². The Hall–Kier alpha value is -0.280. The number of hydrazine groups is 1. The van der Waals surface area contributed by atoms with Crippen molar-refractivity contribution in [1.29, 1.82) is 0 Å². The smallest absolute Gasteiger partial charge is 0.0595 e. The van der Waals surface area contributed by atoms with Crippen molar-refractivity contribution < 1.29 is 0 Å². The topological polar surface area (TPSA) is 38.0 Å². The standard InChI is InChI=1S/C12H18Cl2N2/c1-12(2,3)11(16-15)7-8-4-5-9(13)10(14)6-8/h4-6,11,16H,7,15H2,1-3H3. The maximum Gasteiger partial charge on any atom is 0.0595 e. The minimum absolute atomic E-state index is 0.0981. The highest BCUT2D eigenvalue weighted by Gasteiger charge is 2.23. The van der Waals surface area contributed by atoms with Crippen LogP contribution in [0.5, 0.6) is 0 Å². The van der Waals surface area contributed by atoms with E-state index in [2.05, 4.69) is 26.2 Å². The zero-order chi connectivity index (χ0) is 12.3. The number of hydrogen-bond acceptors (Lipinski definition) is 2. The van der Waals surface area contributed by atoms with Gasteiger partial charge in [-0.15, -0.1) is 0 Å². The molecule has 0 heterocycles. The Morgan fingerprint density at radius 1 is 1.25 bits per heavy atom. The number of benzene rings is 1. The third kappa shape index (κ3) is 3.63. The fraction of sp³-hybridized carbons (Fsp3) is 0.500. The molecule has 0 bridgehead atoms. The quantitative estimate of drug-likeness (QED) is 0.646. The lowest BCUT2D eigenvalue weighted by Crippen LogP contribution is -2.45. The summed E-state index contributed by atoms with van der Waals surface area (Å²) in [5.41, 5.74) is 4.08. The van der Waals surface area contributed by atoms with Crippen LogP contribution < -0.4 is 11.3 Å². The van der Waals surface area contributed by atoms with E-state index in [4.69, 9.17) is 29.0 Å². The second kappa shape index (κ2) is 5.37. The molecular formula is C12H18Cl2N2.